The number of thioether (sulfide) groups is 1. The third kappa shape index (κ3) is 3.70. The highest BCUT2D eigenvalue weighted by atomic mass is 35.5. The zero-order valence-corrected chi connectivity index (χ0v) is 15.3. The highest BCUT2D eigenvalue weighted by molar-refractivity contribution is 7.99. The van der Waals surface area contributed by atoms with E-state index in [9.17, 15) is 0 Å². The average molecular weight is 373 g/mol. The summed E-state index contributed by atoms with van der Waals surface area (Å²) >= 11 is 13.6. The number of para-hydroxylation sites is 1. The quantitative estimate of drug-likeness (QED) is 0.477. The lowest BCUT2D eigenvalue weighted by Gasteiger charge is -2.11. The molecule has 1 aliphatic rings. The number of nitrogens with zero attached hydrogens (tertiary/aromatic N) is 3. The summed E-state index contributed by atoms with van der Waals surface area (Å²) < 4.78 is 6.74. The average Bonchev–Trinajstić information content (AvgIpc) is 2.95. The van der Waals surface area contributed by atoms with Gasteiger partial charge in [-0.15, -0.1) is 33.4 Å². The highest BCUT2D eigenvalue weighted by Gasteiger charge is 2.51. The van der Waals surface area contributed by atoms with Gasteiger partial charge in [0.15, 0.2) is 5.82 Å². The van der Waals surface area contributed by atoms with Crippen molar-refractivity contribution in [3.05, 3.63) is 35.2 Å². The molecule has 23 heavy (non-hydrogen) atoms. The van der Waals surface area contributed by atoms with E-state index in [0.717, 1.165) is 29.1 Å². The van der Waals surface area contributed by atoms with Crippen LogP contribution in [0.3, 0.4) is 0 Å². The third-order valence-corrected chi connectivity index (χ3v) is 5.89. The molecule has 5 nitrogen and oxygen atoms in total. The van der Waals surface area contributed by atoms with Gasteiger partial charge in [0.2, 0.25) is 5.16 Å². The van der Waals surface area contributed by atoms with Crippen molar-refractivity contribution < 1.29 is 4.74 Å². The lowest BCUT2D eigenvalue weighted by atomic mass is 10.1. The van der Waals surface area contributed by atoms with Crippen LogP contribution in [0.2, 0.25) is 0 Å². The Labute approximate surface area is 149 Å². The summed E-state index contributed by atoms with van der Waals surface area (Å²) in [5.74, 6) is 8.54. The molecule has 3 rings (SSSR count). The molecule has 0 saturated heterocycles. The second-order valence-corrected chi connectivity index (χ2v) is 8.28. The van der Waals surface area contributed by atoms with E-state index in [-0.39, 0.29) is 12.5 Å². The van der Waals surface area contributed by atoms with Gasteiger partial charge in [-0.3, -0.25) is 0 Å². The number of alkyl halides is 2. The smallest absolute Gasteiger partial charge is 0.209 e. The molecule has 2 N–H and O–H groups in total. The summed E-state index contributed by atoms with van der Waals surface area (Å²) in [6.45, 7) is 4.29. The number of hydrogen-bond acceptors (Lipinski definition) is 5. The van der Waals surface area contributed by atoms with Crippen molar-refractivity contribution in [1.82, 2.24) is 14.9 Å². The number of aromatic nitrogens is 3. The Morgan fingerprint density at radius 3 is 2.61 bits per heavy atom. The molecule has 8 heteroatoms. The topological polar surface area (TPSA) is 66.0 Å². The van der Waals surface area contributed by atoms with Crippen LogP contribution in [0.15, 0.2) is 23.4 Å². The first-order valence-electron chi connectivity index (χ1n) is 7.27. The standard InChI is InChI=1S/C15H18Cl2N4OS/c1-9-4-3-5-10(2)13(9)22-7-12-19-20-14(21(12)18)23-8-11-6-15(11,16)17/h3-5,11H,6-8,18H2,1-2H3. The van der Waals surface area contributed by atoms with Crippen molar-refractivity contribution in [3.8, 4) is 5.75 Å². The summed E-state index contributed by atoms with van der Waals surface area (Å²) in [4.78, 5) is 0. The molecule has 124 valence electrons. The first kappa shape index (κ1) is 16.7. The Morgan fingerprint density at radius 2 is 2.00 bits per heavy atom. The SMILES string of the molecule is Cc1cccc(C)c1OCc1nnc(SCC2CC2(Cl)Cl)n1N. The lowest BCUT2D eigenvalue weighted by Crippen LogP contribution is -2.16. The monoisotopic (exact) mass is 372 g/mol. The van der Waals surface area contributed by atoms with Gasteiger partial charge < -0.3 is 10.6 Å². The number of nitrogen functional groups attached to an aromatic ring is 1. The number of rotatable bonds is 6. The van der Waals surface area contributed by atoms with E-state index in [2.05, 4.69) is 10.2 Å². The fourth-order valence-corrected chi connectivity index (χ4v) is 4.10. The van der Waals surface area contributed by atoms with Crippen LogP contribution in [0, 0.1) is 19.8 Å². The largest absolute Gasteiger partial charge is 0.485 e. The molecule has 1 aliphatic carbocycles. The number of aryl methyl sites for hydroxylation is 2. The lowest BCUT2D eigenvalue weighted by molar-refractivity contribution is 0.288. The van der Waals surface area contributed by atoms with Gasteiger partial charge in [-0.05, 0) is 31.4 Å². The van der Waals surface area contributed by atoms with Gasteiger partial charge >= 0.3 is 0 Å². The molecule has 1 unspecified atom stereocenters. The van der Waals surface area contributed by atoms with Crippen molar-refractivity contribution in [2.24, 2.45) is 5.92 Å². The third-order valence-electron chi connectivity index (χ3n) is 3.86. The number of ether oxygens (including phenoxy) is 1. The Bertz CT molecular complexity index is 699. The van der Waals surface area contributed by atoms with Crippen LogP contribution in [0.5, 0.6) is 5.75 Å². The molecule has 1 aromatic carbocycles. The molecule has 0 amide bonds. The number of nitrogens with two attached hydrogens (primary N) is 1. The van der Waals surface area contributed by atoms with Gasteiger partial charge in [-0.2, -0.15) is 0 Å². The van der Waals surface area contributed by atoms with E-state index in [1.54, 1.807) is 0 Å². The predicted octanol–water partition coefficient (Wildman–Crippen LogP) is 3.47. The maximum absolute atomic E-state index is 6.04. The van der Waals surface area contributed by atoms with E-state index >= 15 is 0 Å². The van der Waals surface area contributed by atoms with E-state index in [0.29, 0.717) is 11.0 Å². The first-order valence-corrected chi connectivity index (χ1v) is 9.01. The Hall–Kier alpha value is -1.11. The molecule has 0 spiro atoms. The fourth-order valence-electron chi connectivity index (χ4n) is 2.29. The van der Waals surface area contributed by atoms with Crippen LogP contribution >= 0.6 is 35.0 Å². The molecule has 2 aromatic rings. The van der Waals surface area contributed by atoms with Gasteiger partial charge in [-0.25, -0.2) is 4.68 Å². The van der Waals surface area contributed by atoms with Gasteiger partial charge in [-0.1, -0.05) is 30.0 Å². The summed E-state index contributed by atoms with van der Waals surface area (Å²) in [6.07, 6.45) is 0.810. The molecular formula is C15H18Cl2N4OS. The highest BCUT2D eigenvalue weighted by Crippen LogP contribution is 2.54. The zero-order valence-electron chi connectivity index (χ0n) is 12.9. The molecule has 0 aliphatic heterocycles. The van der Waals surface area contributed by atoms with Gasteiger partial charge in [0.05, 0.1) is 0 Å². The minimum Gasteiger partial charge on any atom is -0.485 e. The minimum absolute atomic E-state index is 0.272. The summed E-state index contributed by atoms with van der Waals surface area (Å²) in [5.41, 5.74) is 2.16. The van der Waals surface area contributed by atoms with E-state index in [1.165, 1.54) is 16.4 Å². The number of benzene rings is 1. The Kier molecular flexibility index (Phi) is 4.67. The zero-order chi connectivity index (χ0) is 16.6. The second-order valence-electron chi connectivity index (χ2n) is 5.75. The molecule has 1 atom stereocenters. The molecule has 0 bridgehead atoms. The van der Waals surface area contributed by atoms with Crippen molar-refractivity contribution in [2.75, 3.05) is 11.6 Å². The molecule has 1 saturated carbocycles. The molecular weight excluding hydrogens is 355 g/mol. The summed E-state index contributed by atoms with van der Waals surface area (Å²) in [7, 11) is 0. The maximum Gasteiger partial charge on any atom is 0.209 e. The van der Waals surface area contributed by atoms with Crippen molar-refractivity contribution in [3.63, 3.8) is 0 Å². The van der Waals surface area contributed by atoms with Crippen LogP contribution in [0.1, 0.15) is 23.4 Å². The normalized spacial score (nSPS) is 18.9. The van der Waals surface area contributed by atoms with Crippen LogP contribution in [-0.4, -0.2) is 25.0 Å². The first-order chi connectivity index (χ1) is 10.9. The van der Waals surface area contributed by atoms with Crippen LogP contribution in [0.25, 0.3) is 0 Å². The summed E-state index contributed by atoms with van der Waals surface area (Å²) in [6, 6.07) is 6.03. The Morgan fingerprint density at radius 1 is 1.35 bits per heavy atom. The van der Waals surface area contributed by atoms with Crippen molar-refractivity contribution in [1.29, 1.82) is 0 Å². The van der Waals surface area contributed by atoms with Crippen molar-refractivity contribution in [2.45, 2.75) is 36.4 Å². The maximum atomic E-state index is 6.04. The fraction of sp³-hybridized carbons (Fsp3) is 0.467. The van der Waals surface area contributed by atoms with E-state index in [4.69, 9.17) is 33.8 Å². The van der Waals surface area contributed by atoms with Crippen LogP contribution in [0.4, 0.5) is 0 Å². The Balaban J connectivity index is 1.61. The molecule has 1 aromatic heterocycles. The second kappa shape index (κ2) is 6.42. The van der Waals surface area contributed by atoms with Crippen LogP contribution in [-0.2, 0) is 6.61 Å². The van der Waals surface area contributed by atoms with Gasteiger partial charge in [0.25, 0.3) is 0 Å². The van der Waals surface area contributed by atoms with E-state index < -0.39 is 4.33 Å². The minimum atomic E-state index is -0.583. The van der Waals surface area contributed by atoms with Crippen molar-refractivity contribution >= 4 is 35.0 Å². The number of hydrogen-bond donors (Lipinski definition) is 1. The number of halogens is 2. The summed E-state index contributed by atoms with van der Waals surface area (Å²) in [5, 5.41) is 8.85. The van der Waals surface area contributed by atoms with E-state index in [1.807, 2.05) is 32.0 Å². The molecule has 0 radical (unpaired) electrons. The predicted molar refractivity (Wildman–Crippen MR) is 93.7 cm³/mol. The van der Waals surface area contributed by atoms with Gasteiger partial charge in [0.1, 0.15) is 16.7 Å². The van der Waals surface area contributed by atoms with Crippen LogP contribution < -0.4 is 10.6 Å². The van der Waals surface area contributed by atoms with Gasteiger partial charge in [0, 0.05) is 11.7 Å². The molecule has 1 fully saturated rings. The molecule has 1 heterocycles.